The van der Waals surface area contributed by atoms with Gasteiger partial charge in [0.1, 0.15) is 5.75 Å². The number of carbonyl (C=O) groups excluding carboxylic acids is 1. The Hall–Kier alpha value is -2.95. The molecule has 0 N–H and O–H groups in total. The molecule has 1 atom stereocenters. The van der Waals surface area contributed by atoms with Crippen molar-refractivity contribution in [2.75, 3.05) is 13.1 Å². The summed E-state index contributed by atoms with van der Waals surface area (Å²) < 4.78 is 5.89. The second-order valence-corrected chi connectivity index (χ2v) is 7.54. The van der Waals surface area contributed by atoms with Crippen molar-refractivity contribution < 1.29 is 9.53 Å². The van der Waals surface area contributed by atoms with Gasteiger partial charge in [0.2, 0.25) is 0 Å². The van der Waals surface area contributed by atoms with Crippen LogP contribution in [-0.4, -0.2) is 40.0 Å². The number of rotatable bonds is 4. The molecule has 28 heavy (non-hydrogen) atoms. The number of amides is 1. The Morgan fingerprint density at radius 3 is 2.46 bits per heavy atom. The zero-order valence-corrected chi connectivity index (χ0v) is 16.3. The Bertz CT molecular complexity index is 963. The van der Waals surface area contributed by atoms with Crippen LogP contribution >= 0.6 is 0 Å². The molecule has 1 aliphatic rings. The number of piperidine rings is 1. The third kappa shape index (κ3) is 3.98. The summed E-state index contributed by atoms with van der Waals surface area (Å²) in [5, 5.41) is 0. The standard InChI is InChI=1S/C23H25N3O2/c1-16-11-13-26(14-12-16)23(27)17(2)28-19-9-7-18(8-10-19)22-15-24-20-5-3-4-6-21(20)25-22/h3-10,15-17H,11-14H2,1-2H3/t17-/m0/s1. The van der Waals surface area contributed by atoms with E-state index in [-0.39, 0.29) is 5.91 Å². The van der Waals surface area contributed by atoms with Gasteiger partial charge in [0, 0.05) is 18.7 Å². The Morgan fingerprint density at radius 1 is 1.07 bits per heavy atom. The fraction of sp³-hybridized carbons (Fsp3) is 0.348. The number of likely N-dealkylation sites (tertiary alicyclic amines) is 1. The maximum atomic E-state index is 12.6. The van der Waals surface area contributed by atoms with Crippen LogP contribution < -0.4 is 4.74 Å². The van der Waals surface area contributed by atoms with Crippen LogP contribution in [0.3, 0.4) is 0 Å². The summed E-state index contributed by atoms with van der Waals surface area (Å²) in [6, 6.07) is 15.5. The summed E-state index contributed by atoms with van der Waals surface area (Å²) in [5.74, 6) is 1.45. The summed E-state index contributed by atoms with van der Waals surface area (Å²) in [6.45, 7) is 5.72. The van der Waals surface area contributed by atoms with E-state index in [2.05, 4.69) is 16.9 Å². The number of carbonyl (C=O) groups is 1. The van der Waals surface area contributed by atoms with Gasteiger partial charge in [-0.2, -0.15) is 0 Å². The molecule has 4 rings (SSSR count). The van der Waals surface area contributed by atoms with Crippen molar-refractivity contribution >= 4 is 16.9 Å². The Labute approximate surface area is 165 Å². The lowest BCUT2D eigenvalue weighted by atomic mass is 9.99. The highest BCUT2D eigenvalue weighted by Crippen LogP contribution is 2.23. The second kappa shape index (κ2) is 7.97. The van der Waals surface area contributed by atoms with Crippen LogP contribution in [0.15, 0.2) is 54.7 Å². The Kier molecular flexibility index (Phi) is 5.24. The highest BCUT2D eigenvalue weighted by molar-refractivity contribution is 5.81. The number of hydrogen-bond donors (Lipinski definition) is 0. The molecule has 0 aliphatic carbocycles. The molecule has 1 fully saturated rings. The molecule has 1 saturated heterocycles. The van der Waals surface area contributed by atoms with Gasteiger partial charge in [-0.05, 0) is 62.1 Å². The molecule has 0 radical (unpaired) electrons. The predicted molar refractivity (Wildman–Crippen MR) is 110 cm³/mol. The molecule has 1 aliphatic heterocycles. The molecule has 0 bridgehead atoms. The molecule has 144 valence electrons. The lowest BCUT2D eigenvalue weighted by Gasteiger charge is -2.32. The predicted octanol–water partition coefficient (Wildman–Crippen LogP) is 4.32. The van der Waals surface area contributed by atoms with Crippen molar-refractivity contribution in [2.45, 2.75) is 32.8 Å². The molecule has 2 aromatic carbocycles. The van der Waals surface area contributed by atoms with E-state index in [1.165, 1.54) is 0 Å². The van der Waals surface area contributed by atoms with Crippen molar-refractivity contribution in [1.29, 1.82) is 0 Å². The highest BCUT2D eigenvalue weighted by Gasteiger charge is 2.25. The molecule has 1 aromatic heterocycles. The number of nitrogens with zero attached hydrogens (tertiary/aromatic N) is 3. The summed E-state index contributed by atoms with van der Waals surface area (Å²) in [6.07, 6.45) is 3.43. The van der Waals surface area contributed by atoms with Gasteiger partial charge in [-0.15, -0.1) is 0 Å². The van der Waals surface area contributed by atoms with E-state index < -0.39 is 6.10 Å². The fourth-order valence-corrected chi connectivity index (χ4v) is 3.54. The van der Waals surface area contributed by atoms with Crippen LogP contribution in [-0.2, 0) is 4.79 Å². The van der Waals surface area contributed by atoms with E-state index >= 15 is 0 Å². The van der Waals surface area contributed by atoms with Crippen LogP contribution in [0.25, 0.3) is 22.3 Å². The van der Waals surface area contributed by atoms with Crippen molar-refractivity contribution in [2.24, 2.45) is 5.92 Å². The Balaban J connectivity index is 1.43. The molecule has 5 heteroatoms. The van der Waals surface area contributed by atoms with Crippen molar-refractivity contribution in [3.8, 4) is 17.0 Å². The van der Waals surface area contributed by atoms with Gasteiger partial charge in [-0.1, -0.05) is 19.1 Å². The van der Waals surface area contributed by atoms with E-state index in [1.807, 2.05) is 60.4 Å². The minimum Gasteiger partial charge on any atom is -0.481 e. The monoisotopic (exact) mass is 375 g/mol. The van der Waals surface area contributed by atoms with Crippen molar-refractivity contribution in [1.82, 2.24) is 14.9 Å². The fourth-order valence-electron chi connectivity index (χ4n) is 3.54. The van der Waals surface area contributed by atoms with Gasteiger partial charge >= 0.3 is 0 Å². The Morgan fingerprint density at radius 2 is 1.75 bits per heavy atom. The average Bonchev–Trinajstić information content (AvgIpc) is 2.74. The van der Waals surface area contributed by atoms with E-state index in [4.69, 9.17) is 4.74 Å². The SMILES string of the molecule is CC1CCN(C(=O)[C@H](C)Oc2ccc(-c3cnc4ccccc4n3)cc2)CC1. The van der Waals surface area contributed by atoms with Gasteiger partial charge in [0.25, 0.3) is 5.91 Å². The first-order valence-electron chi connectivity index (χ1n) is 9.88. The summed E-state index contributed by atoms with van der Waals surface area (Å²) >= 11 is 0. The van der Waals surface area contributed by atoms with Crippen LogP contribution in [0.1, 0.15) is 26.7 Å². The smallest absolute Gasteiger partial charge is 0.263 e. The minimum absolute atomic E-state index is 0.0661. The number of para-hydroxylation sites is 2. The van der Waals surface area contributed by atoms with E-state index in [0.717, 1.165) is 48.2 Å². The van der Waals surface area contributed by atoms with Gasteiger partial charge in [0.15, 0.2) is 6.10 Å². The molecule has 1 amide bonds. The zero-order valence-electron chi connectivity index (χ0n) is 16.3. The van der Waals surface area contributed by atoms with Crippen molar-refractivity contribution in [3.05, 3.63) is 54.7 Å². The van der Waals surface area contributed by atoms with Gasteiger partial charge < -0.3 is 9.64 Å². The van der Waals surface area contributed by atoms with Crippen LogP contribution in [0, 0.1) is 5.92 Å². The summed E-state index contributed by atoms with van der Waals surface area (Å²) in [4.78, 5) is 23.7. The van der Waals surface area contributed by atoms with E-state index in [0.29, 0.717) is 11.7 Å². The maximum Gasteiger partial charge on any atom is 0.263 e. The number of fused-ring (bicyclic) bond motifs is 1. The highest BCUT2D eigenvalue weighted by atomic mass is 16.5. The average molecular weight is 375 g/mol. The second-order valence-electron chi connectivity index (χ2n) is 7.54. The zero-order chi connectivity index (χ0) is 19.5. The lowest BCUT2D eigenvalue weighted by molar-refractivity contribution is -0.139. The third-order valence-corrected chi connectivity index (χ3v) is 5.35. The number of benzene rings is 2. The summed E-state index contributed by atoms with van der Waals surface area (Å²) in [5.41, 5.74) is 3.53. The van der Waals surface area contributed by atoms with Gasteiger partial charge in [-0.25, -0.2) is 4.98 Å². The molecule has 2 heterocycles. The van der Waals surface area contributed by atoms with E-state index in [9.17, 15) is 4.79 Å². The first kappa shape index (κ1) is 18.4. The molecular weight excluding hydrogens is 350 g/mol. The largest absolute Gasteiger partial charge is 0.481 e. The normalized spacial score (nSPS) is 16.1. The molecule has 0 unspecified atom stereocenters. The molecule has 3 aromatic rings. The first-order valence-corrected chi connectivity index (χ1v) is 9.88. The number of hydrogen-bond acceptors (Lipinski definition) is 4. The molecular formula is C23H25N3O2. The molecule has 0 spiro atoms. The number of aromatic nitrogens is 2. The van der Waals surface area contributed by atoms with Gasteiger partial charge in [0.05, 0.1) is 22.9 Å². The molecule has 0 saturated carbocycles. The van der Waals surface area contributed by atoms with Crippen LogP contribution in [0.4, 0.5) is 0 Å². The number of ether oxygens (including phenoxy) is 1. The molecule has 5 nitrogen and oxygen atoms in total. The topological polar surface area (TPSA) is 55.3 Å². The van der Waals surface area contributed by atoms with E-state index in [1.54, 1.807) is 6.20 Å². The first-order chi connectivity index (χ1) is 13.6. The summed E-state index contributed by atoms with van der Waals surface area (Å²) in [7, 11) is 0. The minimum atomic E-state index is -0.486. The third-order valence-electron chi connectivity index (χ3n) is 5.35. The van der Waals surface area contributed by atoms with Crippen LogP contribution in [0.5, 0.6) is 5.75 Å². The van der Waals surface area contributed by atoms with Gasteiger partial charge in [-0.3, -0.25) is 9.78 Å². The van der Waals surface area contributed by atoms with Crippen LogP contribution in [0.2, 0.25) is 0 Å². The maximum absolute atomic E-state index is 12.6. The quantitative estimate of drug-likeness (QED) is 0.681. The van der Waals surface area contributed by atoms with Crippen molar-refractivity contribution in [3.63, 3.8) is 0 Å². The lowest BCUT2D eigenvalue weighted by Crippen LogP contribution is -2.44.